The number of amides is 1. The third kappa shape index (κ3) is 4.95. The molecule has 0 aliphatic heterocycles. The zero-order chi connectivity index (χ0) is 22.0. The van der Waals surface area contributed by atoms with Crippen molar-refractivity contribution in [3.63, 3.8) is 0 Å². The highest BCUT2D eigenvalue weighted by atomic mass is 32.1. The molecule has 31 heavy (non-hydrogen) atoms. The Morgan fingerprint density at radius 3 is 2.48 bits per heavy atom. The molecule has 1 fully saturated rings. The van der Waals surface area contributed by atoms with Crippen LogP contribution in [-0.2, 0) is 11.0 Å². The van der Waals surface area contributed by atoms with Gasteiger partial charge in [0.1, 0.15) is 5.82 Å². The Hall–Kier alpha value is -2.74. The fraction of sp³-hybridized carbons (Fsp3) is 0.304. The summed E-state index contributed by atoms with van der Waals surface area (Å²) in [5, 5.41) is 4.45. The van der Waals surface area contributed by atoms with Gasteiger partial charge in [0.15, 0.2) is 0 Å². The number of halogens is 4. The first kappa shape index (κ1) is 21.5. The molecule has 3 nitrogen and oxygen atoms in total. The van der Waals surface area contributed by atoms with Gasteiger partial charge in [-0.3, -0.25) is 4.79 Å². The van der Waals surface area contributed by atoms with E-state index >= 15 is 0 Å². The highest BCUT2D eigenvalue weighted by Crippen LogP contribution is 2.38. The first-order chi connectivity index (χ1) is 14.8. The molecule has 2 unspecified atom stereocenters. The maximum Gasteiger partial charge on any atom is 0.416 e. The summed E-state index contributed by atoms with van der Waals surface area (Å²) in [7, 11) is 0. The summed E-state index contributed by atoms with van der Waals surface area (Å²) in [6.45, 7) is 0. The molecule has 1 aliphatic carbocycles. The van der Waals surface area contributed by atoms with Gasteiger partial charge >= 0.3 is 6.18 Å². The highest BCUT2D eigenvalue weighted by Gasteiger charge is 2.32. The van der Waals surface area contributed by atoms with Gasteiger partial charge in [0.2, 0.25) is 5.91 Å². The van der Waals surface area contributed by atoms with Crippen LogP contribution >= 0.6 is 11.5 Å². The molecule has 162 valence electrons. The number of nitrogens with zero attached hydrogens (tertiary/aromatic N) is 1. The summed E-state index contributed by atoms with van der Waals surface area (Å²) in [4.78, 5) is 12.7. The molecule has 1 saturated carbocycles. The second-order valence-corrected chi connectivity index (χ2v) is 8.43. The van der Waals surface area contributed by atoms with Crippen LogP contribution in [0.3, 0.4) is 0 Å². The van der Waals surface area contributed by atoms with Crippen molar-refractivity contribution in [3.05, 3.63) is 71.0 Å². The van der Waals surface area contributed by atoms with Crippen molar-refractivity contribution in [1.82, 2.24) is 4.37 Å². The lowest BCUT2D eigenvalue weighted by Crippen LogP contribution is -2.28. The molecule has 0 radical (unpaired) electrons. The van der Waals surface area contributed by atoms with Crippen LogP contribution in [0.2, 0.25) is 0 Å². The number of anilines is 1. The van der Waals surface area contributed by atoms with Gasteiger partial charge in [-0.2, -0.15) is 13.2 Å². The first-order valence-electron chi connectivity index (χ1n) is 9.98. The van der Waals surface area contributed by atoms with Gasteiger partial charge in [0, 0.05) is 23.1 Å². The summed E-state index contributed by atoms with van der Waals surface area (Å²) in [6.07, 6.45) is 0.291. The third-order valence-corrected chi connectivity index (χ3v) is 6.33. The number of aromatic nitrogens is 1. The van der Waals surface area contributed by atoms with Gasteiger partial charge in [-0.1, -0.05) is 30.7 Å². The first-order valence-corrected chi connectivity index (χ1v) is 10.8. The van der Waals surface area contributed by atoms with Crippen molar-refractivity contribution >= 4 is 23.1 Å². The Morgan fingerprint density at radius 2 is 1.84 bits per heavy atom. The van der Waals surface area contributed by atoms with Crippen molar-refractivity contribution in [2.24, 2.45) is 5.92 Å². The van der Waals surface area contributed by atoms with E-state index in [2.05, 4.69) is 21.8 Å². The fourth-order valence-electron chi connectivity index (χ4n) is 4.05. The molecule has 4 rings (SSSR count). The molecule has 0 saturated heterocycles. The lowest BCUT2D eigenvalue weighted by molar-refractivity contribution is -0.137. The van der Waals surface area contributed by atoms with Crippen LogP contribution in [0.5, 0.6) is 0 Å². The monoisotopic (exact) mass is 448 g/mol. The number of hydrogen-bond acceptors (Lipinski definition) is 3. The average molecular weight is 448 g/mol. The summed E-state index contributed by atoms with van der Waals surface area (Å²) in [6, 6.07) is 10.4. The van der Waals surface area contributed by atoms with Crippen LogP contribution in [0.25, 0.3) is 11.1 Å². The molecule has 2 atom stereocenters. The van der Waals surface area contributed by atoms with E-state index in [9.17, 15) is 22.4 Å². The van der Waals surface area contributed by atoms with E-state index in [1.165, 1.54) is 11.5 Å². The molecule has 8 heteroatoms. The lowest BCUT2D eigenvalue weighted by Gasteiger charge is -2.29. The van der Waals surface area contributed by atoms with Gasteiger partial charge < -0.3 is 5.32 Å². The molecule has 3 aromatic rings. The Balaban J connectivity index is 1.42. The molecular formula is C23H20F4N2OS. The van der Waals surface area contributed by atoms with Crippen molar-refractivity contribution in [3.8, 4) is 11.1 Å². The minimum Gasteiger partial charge on any atom is -0.323 e. The van der Waals surface area contributed by atoms with Crippen LogP contribution in [0.1, 0.15) is 42.7 Å². The normalized spacial score (nSPS) is 19.2. The van der Waals surface area contributed by atoms with Crippen LogP contribution < -0.4 is 5.32 Å². The maximum atomic E-state index is 14.1. The number of carbonyl (C=O) groups is 1. The van der Waals surface area contributed by atoms with Crippen molar-refractivity contribution in [1.29, 1.82) is 0 Å². The topological polar surface area (TPSA) is 42.0 Å². The largest absolute Gasteiger partial charge is 0.416 e. The second kappa shape index (κ2) is 8.78. The zero-order valence-electron chi connectivity index (χ0n) is 16.5. The quantitative estimate of drug-likeness (QED) is 0.442. The van der Waals surface area contributed by atoms with E-state index in [1.807, 2.05) is 23.7 Å². The molecule has 1 aliphatic rings. The second-order valence-electron chi connectivity index (χ2n) is 7.78. The Morgan fingerprint density at radius 1 is 1.06 bits per heavy atom. The standard InChI is InChI=1S/C23H20F4N2OS/c24-20-11-19(23(25,26)27)8-9-21(20)29-22(30)17-3-1-2-16(10-17)14-4-6-15(7-5-14)18-12-28-31-13-18/h4-9,11-13,16-17H,1-3,10H2,(H,29,30). The maximum absolute atomic E-state index is 14.1. The van der Waals surface area contributed by atoms with Crippen LogP contribution in [0, 0.1) is 11.7 Å². The van der Waals surface area contributed by atoms with Gasteiger partial charge in [0.05, 0.1) is 11.3 Å². The van der Waals surface area contributed by atoms with Crippen LogP contribution in [0.4, 0.5) is 23.2 Å². The number of rotatable bonds is 4. The number of carbonyl (C=O) groups excluding carboxylic acids is 1. The molecule has 1 N–H and O–H groups in total. The smallest absolute Gasteiger partial charge is 0.323 e. The van der Waals surface area contributed by atoms with Gasteiger partial charge in [-0.15, -0.1) is 0 Å². The number of nitrogens with one attached hydrogen (secondary N) is 1. The Labute approximate surface area is 181 Å². The zero-order valence-corrected chi connectivity index (χ0v) is 17.3. The number of benzene rings is 2. The fourth-order valence-corrected chi connectivity index (χ4v) is 4.60. The van der Waals surface area contributed by atoms with Crippen LogP contribution in [0.15, 0.2) is 54.0 Å². The summed E-state index contributed by atoms with van der Waals surface area (Å²) < 4.78 is 56.3. The SMILES string of the molecule is O=C(Nc1ccc(C(F)(F)F)cc1F)C1CCCC(c2ccc(-c3cnsc3)cc2)C1. The van der Waals surface area contributed by atoms with E-state index in [1.54, 1.807) is 0 Å². The summed E-state index contributed by atoms with van der Waals surface area (Å²) >= 11 is 1.40. The van der Waals surface area contributed by atoms with Gasteiger partial charge in [-0.05, 0) is 66.0 Å². The average Bonchev–Trinajstić information content (AvgIpc) is 3.29. The Bertz CT molecular complexity index is 1050. The van der Waals surface area contributed by atoms with E-state index in [-0.39, 0.29) is 23.4 Å². The molecule has 1 amide bonds. The van der Waals surface area contributed by atoms with Crippen molar-refractivity contribution in [2.75, 3.05) is 5.32 Å². The third-order valence-electron chi connectivity index (χ3n) is 5.75. The minimum absolute atomic E-state index is 0.205. The lowest BCUT2D eigenvalue weighted by atomic mass is 9.77. The molecule has 0 spiro atoms. The Kier molecular flexibility index (Phi) is 6.09. The van der Waals surface area contributed by atoms with Crippen molar-refractivity contribution < 1.29 is 22.4 Å². The number of hydrogen-bond donors (Lipinski definition) is 1. The molecule has 0 bridgehead atoms. The van der Waals surface area contributed by atoms with Crippen LogP contribution in [-0.4, -0.2) is 10.3 Å². The summed E-state index contributed by atoms with van der Waals surface area (Å²) in [5.41, 5.74) is 1.98. The van der Waals surface area contributed by atoms with Crippen molar-refractivity contribution in [2.45, 2.75) is 37.8 Å². The predicted octanol–water partition coefficient (Wildman–Crippen LogP) is 6.88. The molecular weight excluding hydrogens is 428 g/mol. The van der Waals surface area contributed by atoms with E-state index < -0.39 is 17.6 Å². The highest BCUT2D eigenvalue weighted by molar-refractivity contribution is 7.03. The van der Waals surface area contributed by atoms with E-state index in [0.29, 0.717) is 18.9 Å². The summed E-state index contributed by atoms with van der Waals surface area (Å²) in [5.74, 6) is -1.56. The number of alkyl halides is 3. The minimum atomic E-state index is -4.63. The molecule has 1 aromatic heterocycles. The van der Waals surface area contributed by atoms with Gasteiger partial charge in [-0.25, -0.2) is 8.76 Å². The van der Waals surface area contributed by atoms with Gasteiger partial charge in [0.25, 0.3) is 0 Å². The molecule has 2 aromatic carbocycles. The van der Waals surface area contributed by atoms with E-state index in [0.717, 1.165) is 41.7 Å². The van der Waals surface area contributed by atoms with E-state index in [4.69, 9.17) is 0 Å². The predicted molar refractivity (Wildman–Crippen MR) is 112 cm³/mol. The molecule has 1 heterocycles.